The first-order chi connectivity index (χ1) is 14.0. The van der Waals surface area contributed by atoms with E-state index < -0.39 is 29.3 Å². The fourth-order valence-electron chi connectivity index (χ4n) is 4.23. The van der Waals surface area contributed by atoms with Crippen molar-refractivity contribution < 1.29 is 27.8 Å². The van der Waals surface area contributed by atoms with Crippen molar-refractivity contribution in [3.8, 4) is 11.5 Å². The maximum Gasteiger partial charge on any atom is 0.318 e. The van der Waals surface area contributed by atoms with Gasteiger partial charge in [-0.2, -0.15) is 8.78 Å². The van der Waals surface area contributed by atoms with Crippen LogP contribution in [0.2, 0.25) is 0 Å². The average molecular weight is 408 g/mol. The maximum absolute atomic E-state index is 14.1. The van der Waals surface area contributed by atoms with E-state index in [2.05, 4.69) is 6.92 Å². The van der Waals surface area contributed by atoms with E-state index in [1.54, 1.807) is 6.92 Å². The van der Waals surface area contributed by atoms with E-state index in [1.165, 1.54) is 37.8 Å². The summed E-state index contributed by atoms with van der Waals surface area (Å²) in [5.41, 5.74) is 0. The summed E-state index contributed by atoms with van der Waals surface area (Å²) in [6, 6.07) is 2.47. The van der Waals surface area contributed by atoms with Gasteiger partial charge in [0.15, 0.2) is 11.5 Å². The van der Waals surface area contributed by atoms with Gasteiger partial charge in [-0.15, -0.1) is 0 Å². The number of carbonyl (C=O) groups excluding carboxylic acids is 1. The Morgan fingerprint density at radius 1 is 1.10 bits per heavy atom. The topological polar surface area (TPSA) is 44.8 Å². The van der Waals surface area contributed by atoms with Gasteiger partial charge in [0.1, 0.15) is 6.61 Å². The number of hydrogen-bond donors (Lipinski definition) is 0. The first-order valence-electron chi connectivity index (χ1n) is 10.7. The van der Waals surface area contributed by atoms with Gasteiger partial charge in [-0.1, -0.05) is 19.8 Å². The summed E-state index contributed by atoms with van der Waals surface area (Å²) in [6.45, 7) is 4.32. The number of carbonyl (C=O) groups is 1. The van der Waals surface area contributed by atoms with Crippen LogP contribution < -0.4 is 9.47 Å². The van der Waals surface area contributed by atoms with Crippen LogP contribution in [0.5, 0.6) is 11.5 Å². The summed E-state index contributed by atoms with van der Waals surface area (Å²) < 4.78 is 44.0. The number of ether oxygens (including phenoxy) is 3. The Morgan fingerprint density at radius 2 is 1.79 bits per heavy atom. The molecule has 1 fully saturated rings. The molecule has 2 aliphatic rings. The minimum Gasteiger partial charge on any atom is -0.497 e. The van der Waals surface area contributed by atoms with Crippen molar-refractivity contribution in [1.29, 1.82) is 0 Å². The Kier molecular flexibility index (Phi) is 7.51. The second kappa shape index (κ2) is 10.1. The Morgan fingerprint density at radius 3 is 2.41 bits per heavy atom. The molecule has 1 aromatic rings. The van der Waals surface area contributed by atoms with Gasteiger partial charge in [-0.05, 0) is 63.2 Å². The van der Waals surface area contributed by atoms with E-state index in [4.69, 9.17) is 14.2 Å². The van der Waals surface area contributed by atoms with Crippen LogP contribution in [0.1, 0.15) is 58.8 Å². The molecule has 0 amide bonds. The maximum atomic E-state index is 14.1. The summed E-state index contributed by atoms with van der Waals surface area (Å²) in [6.07, 6.45) is 9.70. The predicted octanol–water partition coefficient (Wildman–Crippen LogP) is 5.80. The SMILES string of the molecule is CCCC1CCC(C2=CCC(C(=O)Oc3ccc(OCC)c(F)c3F)CO2)CC1. The van der Waals surface area contributed by atoms with E-state index in [0.29, 0.717) is 12.3 Å². The average Bonchev–Trinajstić information content (AvgIpc) is 2.74. The molecule has 1 unspecified atom stereocenters. The minimum atomic E-state index is -1.22. The third kappa shape index (κ3) is 5.28. The van der Waals surface area contributed by atoms with Gasteiger partial charge in [0.05, 0.1) is 18.3 Å². The number of allylic oxidation sites excluding steroid dienone is 2. The molecule has 1 saturated carbocycles. The van der Waals surface area contributed by atoms with Crippen LogP contribution in [0.25, 0.3) is 0 Å². The zero-order valence-electron chi connectivity index (χ0n) is 17.2. The molecule has 0 spiro atoms. The molecule has 0 aromatic heterocycles. The van der Waals surface area contributed by atoms with E-state index in [-0.39, 0.29) is 19.0 Å². The highest BCUT2D eigenvalue weighted by molar-refractivity contribution is 5.75. The van der Waals surface area contributed by atoms with Crippen molar-refractivity contribution in [3.63, 3.8) is 0 Å². The Balaban J connectivity index is 1.54. The van der Waals surface area contributed by atoms with Gasteiger partial charge in [-0.3, -0.25) is 4.79 Å². The van der Waals surface area contributed by atoms with Crippen LogP contribution in [0.15, 0.2) is 24.0 Å². The Hall–Kier alpha value is -2.11. The molecule has 0 N–H and O–H groups in total. The lowest BCUT2D eigenvalue weighted by Crippen LogP contribution is -2.29. The summed E-state index contributed by atoms with van der Waals surface area (Å²) in [5.74, 6) is -1.92. The van der Waals surface area contributed by atoms with Crippen LogP contribution in [-0.2, 0) is 9.53 Å². The monoisotopic (exact) mass is 408 g/mol. The summed E-state index contributed by atoms with van der Waals surface area (Å²) in [7, 11) is 0. The molecule has 4 nitrogen and oxygen atoms in total. The standard InChI is InChI=1S/C23H30F2O4/c1-3-5-15-6-8-16(9-7-15)18-11-10-17(14-28-18)23(26)29-20-13-12-19(27-4-2)21(24)22(20)25/h11-13,15-17H,3-10,14H2,1-2H3. The third-order valence-electron chi connectivity index (χ3n) is 5.86. The van der Waals surface area contributed by atoms with Gasteiger partial charge in [0, 0.05) is 5.92 Å². The number of rotatable bonds is 7. The predicted molar refractivity (Wildman–Crippen MR) is 106 cm³/mol. The van der Waals surface area contributed by atoms with Crippen molar-refractivity contribution in [2.24, 2.45) is 17.8 Å². The molecule has 0 radical (unpaired) electrons. The molecule has 1 heterocycles. The minimum absolute atomic E-state index is 0.202. The normalized spacial score (nSPS) is 24.4. The van der Waals surface area contributed by atoms with Crippen molar-refractivity contribution in [2.45, 2.75) is 58.8 Å². The number of benzene rings is 1. The first-order valence-corrected chi connectivity index (χ1v) is 10.7. The molecule has 1 aliphatic heterocycles. The lowest BCUT2D eigenvalue weighted by Gasteiger charge is -2.32. The second-order valence-electron chi connectivity index (χ2n) is 7.90. The van der Waals surface area contributed by atoms with E-state index in [9.17, 15) is 13.6 Å². The molecule has 3 rings (SSSR count). The van der Waals surface area contributed by atoms with Crippen molar-refractivity contribution in [3.05, 3.63) is 35.6 Å². The van der Waals surface area contributed by atoms with Crippen molar-refractivity contribution in [1.82, 2.24) is 0 Å². The Labute approximate surface area is 171 Å². The highest BCUT2D eigenvalue weighted by Crippen LogP contribution is 2.37. The van der Waals surface area contributed by atoms with Crippen LogP contribution in [0, 0.1) is 29.4 Å². The van der Waals surface area contributed by atoms with Crippen LogP contribution >= 0.6 is 0 Å². The molecule has 160 valence electrons. The van der Waals surface area contributed by atoms with Gasteiger partial charge in [0.2, 0.25) is 11.6 Å². The molecular formula is C23H30F2O4. The molecule has 0 bridgehead atoms. The fourth-order valence-corrected chi connectivity index (χ4v) is 4.23. The molecule has 29 heavy (non-hydrogen) atoms. The van der Waals surface area contributed by atoms with Gasteiger partial charge in [-0.25, -0.2) is 0 Å². The Bertz CT molecular complexity index is 739. The molecular weight excluding hydrogens is 378 g/mol. The summed E-state index contributed by atoms with van der Waals surface area (Å²) in [5, 5.41) is 0. The van der Waals surface area contributed by atoms with Crippen LogP contribution in [0.3, 0.4) is 0 Å². The van der Waals surface area contributed by atoms with Gasteiger partial charge < -0.3 is 14.2 Å². The molecule has 6 heteroatoms. The zero-order chi connectivity index (χ0) is 20.8. The fraction of sp³-hybridized carbons (Fsp3) is 0.609. The molecule has 1 aromatic carbocycles. The van der Waals surface area contributed by atoms with Crippen molar-refractivity contribution >= 4 is 5.97 Å². The van der Waals surface area contributed by atoms with Gasteiger partial charge in [0.25, 0.3) is 0 Å². The molecule has 0 saturated heterocycles. The lowest BCUT2D eigenvalue weighted by atomic mass is 9.78. The van der Waals surface area contributed by atoms with E-state index in [0.717, 1.165) is 24.5 Å². The quantitative estimate of drug-likeness (QED) is 0.423. The smallest absolute Gasteiger partial charge is 0.318 e. The first kappa shape index (κ1) is 21.6. The third-order valence-corrected chi connectivity index (χ3v) is 5.86. The number of hydrogen-bond acceptors (Lipinski definition) is 4. The van der Waals surface area contributed by atoms with Gasteiger partial charge >= 0.3 is 5.97 Å². The highest BCUT2D eigenvalue weighted by atomic mass is 19.2. The highest BCUT2D eigenvalue weighted by Gasteiger charge is 2.30. The van der Waals surface area contributed by atoms with E-state index in [1.807, 2.05) is 6.08 Å². The largest absolute Gasteiger partial charge is 0.497 e. The van der Waals surface area contributed by atoms with Crippen molar-refractivity contribution in [2.75, 3.05) is 13.2 Å². The van der Waals surface area contributed by atoms with Crippen LogP contribution in [-0.4, -0.2) is 19.2 Å². The number of esters is 1. The lowest BCUT2D eigenvalue weighted by molar-refractivity contribution is -0.141. The second-order valence-corrected chi connectivity index (χ2v) is 7.90. The summed E-state index contributed by atoms with van der Waals surface area (Å²) in [4.78, 5) is 12.4. The molecule has 1 atom stereocenters. The molecule has 1 aliphatic carbocycles. The van der Waals surface area contributed by atoms with Crippen LogP contribution in [0.4, 0.5) is 8.78 Å². The zero-order valence-corrected chi connectivity index (χ0v) is 17.2. The van der Waals surface area contributed by atoms with E-state index >= 15 is 0 Å². The summed E-state index contributed by atoms with van der Waals surface area (Å²) >= 11 is 0. The number of halogens is 2.